The molecule has 0 aromatic carbocycles. The first kappa shape index (κ1) is 19.8. The molecule has 1 aliphatic rings. The normalized spacial score (nSPS) is 19.4. The summed E-state index contributed by atoms with van der Waals surface area (Å²) in [6, 6.07) is 1.83. The maximum Gasteiger partial charge on any atom is 0.407 e. The van der Waals surface area contributed by atoms with E-state index in [1.165, 1.54) is 4.68 Å². The van der Waals surface area contributed by atoms with Gasteiger partial charge in [0, 0.05) is 29.4 Å². The van der Waals surface area contributed by atoms with Crippen LogP contribution < -0.4 is 10.6 Å². The average Bonchev–Trinajstić information content (AvgIpc) is 3.27. The van der Waals surface area contributed by atoms with Crippen molar-refractivity contribution in [2.45, 2.75) is 71.1 Å². The highest BCUT2D eigenvalue weighted by molar-refractivity contribution is 5.89. The number of nitrogens with one attached hydrogen (secondary N) is 3. The number of alkyl carbamates (subject to hydrolysis) is 1. The minimum absolute atomic E-state index is 0.0747. The monoisotopic (exact) mass is 389 g/mol. The zero-order chi connectivity index (χ0) is 20.3. The minimum Gasteiger partial charge on any atom is -0.446 e. The number of carbonyl (C=O) groups is 2. The second-order valence-corrected chi connectivity index (χ2v) is 8.23. The van der Waals surface area contributed by atoms with Crippen LogP contribution in [0.5, 0.6) is 0 Å². The van der Waals surface area contributed by atoms with Gasteiger partial charge >= 0.3 is 6.09 Å². The van der Waals surface area contributed by atoms with Gasteiger partial charge in [0.05, 0.1) is 5.69 Å². The maximum absolute atomic E-state index is 12.1. The molecule has 0 radical (unpaired) electrons. The predicted octanol–water partition coefficient (Wildman–Crippen LogP) is 2.11. The van der Waals surface area contributed by atoms with Gasteiger partial charge in [0.2, 0.25) is 5.91 Å². The molecule has 1 fully saturated rings. The number of aromatic nitrogens is 5. The van der Waals surface area contributed by atoms with Crippen molar-refractivity contribution in [2.75, 3.05) is 5.32 Å². The molecule has 2 aromatic heterocycles. The van der Waals surface area contributed by atoms with E-state index in [1.54, 1.807) is 6.20 Å². The van der Waals surface area contributed by atoms with Crippen LogP contribution in [0.2, 0.25) is 0 Å². The number of carbonyl (C=O) groups excluding carboxylic acids is 2. The summed E-state index contributed by atoms with van der Waals surface area (Å²) in [6.45, 7) is 7.63. The first-order chi connectivity index (χ1) is 13.2. The third-order valence-electron chi connectivity index (χ3n) is 4.40. The van der Waals surface area contributed by atoms with Crippen molar-refractivity contribution in [1.82, 2.24) is 30.5 Å². The van der Waals surface area contributed by atoms with E-state index in [1.807, 2.05) is 33.8 Å². The smallest absolute Gasteiger partial charge is 0.407 e. The number of hydrogen-bond acceptors (Lipinski definition) is 6. The van der Waals surface area contributed by atoms with Crippen LogP contribution >= 0.6 is 0 Å². The molecular weight excluding hydrogens is 362 g/mol. The van der Waals surface area contributed by atoms with Crippen molar-refractivity contribution in [3.05, 3.63) is 23.7 Å². The molecule has 2 aromatic rings. The number of H-pyrrole nitrogens is 1. The van der Waals surface area contributed by atoms with Crippen LogP contribution in [-0.2, 0) is 16.1 Å². The zero-order valence-corrected chi connectivity index (χ0v) is 16.7. The van der Waals surface area contributed by atoms with E-state index < -0.39 is 0 Å². The van der Waals surface area contributed by atoms with Gasteiger partial charge in [-0.2, -0.15) is 5.10 Å². The number of rotatable bonds is 5. The summed E-state index contributed by atoms with van der Waals surface area (Å²) >= 11 is 0. The van der Waals surface area contributed by atoms with Crippen LogP contribution in [0.1, 0.15) is 57.3 Å². The molecule has 28 heavy (non-hydrogen) atoms. The molecular formula is C18H27N7O3. The Morgan fingerprint density at radius 2 is 2.14 bits per heavy atom. The van der Waals surface area contributed by atoms with E-state index in [4.69, 9.17) is 4.74 Å². The van der Waals surface area contributed by atoms with Gasteiger partial charge in [-0.1, -0.05) is 5.21 Å². The van der Waals surface area contributed by atoms with Gasteiger partial charge in [0.15, 0.2) is 5.82 Å². The molecule has 1 aliphatic carbocycles. The van der Waals surface area contributed by atoms with Gasteiger partial charge in [-0.3, -0.25) is 9.89 Å². The van der Waals surface area contributed by atoms with E-state index in [2.05, 4.69) is 31.1 Å². The van der Waals surface area contributed by atoms with Gasteiger partial charge in [-0.25, -0.2) is 9.48 Å². The lowest BCUT2D eigenvalue weighted by Crippen LogP contribution is -2.42. The summed E-state index contributed by atoms with van der Waals surface area (Å²) in [5.74, 6) is 0.449. The highest BCUT2D eigenvalue weighted by Crippen LogP contribution is 2.35. The third kappa shape index (κ3) is 5.54. The molecule has 0 saturated heterocycles. The lowest BCUT2D eigenvalue weighted by atomic mass is 10.0. The number of nitrogens with zero attached hydrogens (tertiary/aromatic N) is 4. The molecule has 0 spiro atoms. The number of anilines is 1. The predicted molar refractivity (Wildman–Crippen MR) is 102 cm³/mol. The van der Waals surface area contributed by atoms with Crippen molar-refractivity contribution in [3.8, 4) is 0 Å². The van der Waals surface area contributed by atoms with Crippen molar-refractivity contribution >= 4 is 17.8 Å². The SMILES string of the molecule is Cc1cn(CC(=O)Nc2cc([C@H]3CC[C@@H](OC(=O)NC(C)(C)C)C3)[nH]n2)nn1. The van der Waals surface area contributed by atoms with Gasteiger partial charge in [-0.15, -0.1) is 5.10 Å². The van der Waals surface area contributed by atoms with E-state index in [0.717, 1.165) is 30.7 Å². The number of ether oxygens (including phenoxy) is 1. The van der Waals surface area contributed by atoms with E-state index >= 15 is 0 Å². The summed E-state index contributed by atoms with van der Waals surface area (Å²) in [5.41, 5.74) is 1.36. The summed E-state index contributed by atoms with van der Waals surface area (Å²) in [5, 5.41) is 20.4. The second-order valence-electron chi connectivity index (χ2n) is 8.23. The Bertz CT molecular complexity index is 836. The summed E-state index contributed by atoms with van der Waals surface area (Å²) < 4.78 is 6.98. The summed E-state index contributed by atoms with van der Waals surface area (Å²) in [6.07, 6.45) is 3.61. The number of amides is 2. The molecule has 10 heteroatoms. The zero-order valence-electron chi connectivity index (χ0n) is 16.7. The quantitative estimate of drug-likeness (QED) is 0.719. The Hall–Kier alpha value is -2.91. The molecule has 152 valence electrons. The van der Waals surface area contributed by atoms with E-state index in [-0.39, 0.29) is 36.1 Å². The molecule has 0 unspecified atom stereocenters. The molecule has 10 nitrogen and oxygen atoms in total. The van der Waals surface area contributed by atoms with Crippen LogP contribution in [0.3, 0.4) is 0 Å². The van der Waals surface area contributed by atoms with Crippen molar-refractivity contribution in [3.63, 3.8) is 0 Å². The molecule has 3 rings (SSSR count). The van der Waals surface area contributed by atoms with Gasteiger partial charge in [0.25, 0.3) is 0 Å². The highest BCUT2D eigenvalue weighted by atomic mass is 16.6. The van der Waals surface area contributed by atoms with Crippen LogP contribution in [-0.4, -0.2) is 48.8 Å². The Morgan fingerprint density at radius 3 is 2.82 bits per heavy atom. The average molecular weight is 389 g/mol. The molecule has 2 amide bonds. The second kappa shape index (κ2) is 7.99. The largest absolute Gasteiger partial charge is 0.446 e. The van der Waals surface area contributed by atoms with Gasteiger partial charge < -0.3 is 15.4 Å². The van der Waals surface area contributed by atoms with E-state index in [9.17, 15) is 9.59 Å². The maximum atomic E-state index is 12.1. The Kier molecular flexibility index (Phi) is 5.66. The fraction of sp³-hybridized carbons (Fsp3) is 0.611. The van der Waals surface area contributed by atoms with Crippen molar-refractivity contribution < 1.29 is 14.3 Å². The topological polar surface area (TPSA) is 127 Å². The molecule has 3 N–H and O–H groups in total. The Balaban J connectivity index is 1.49. The Labute approximate surface area is 163 Å². The van der Waals surface area contributed by atoms with Gasteiger partial charge in [-0.05, 0) is 47.0 Å². The number of aryl methyl sites for hydroxylation is 1. The minimum atomic E-state index is -0.390. The standard InChI is InChI=1S/C18H27N7O3/c1-11-9-25(24-21-11)10-16(26)19-15-8-14(22-23-15)12-5-6-13(7-12)28-17(27)20-18(2,3)4/h8-9,12-13H,5-7,10H2,1-4H3,(H,20,27)(H2,19,22,23,26)/t12-,13+/m0/s1. The molecule has 2 heterocycles. The van der Waals surface area contributed by atoms with Crippen LogP contribution in [0.4, 0.5) is 10.6 Å². The highest BCUT2D eigenvalue weighted by Gasteiger charge is 2.30. The fourth-order valence-corrected chi connectivity index (χ4v) is 3.23. The Morgan fingerprint density at radius 1 is 1.36 bits per heavy atom. The van der Waals surface area contributed by atoms with Crippen molar-refractivity contribution in [2.24, 2.45) is 0 Å². The van der Waals surface area contributed by atoms with Crippen molar-refractivity contribution in [1.29, 1.82) is 0 Å². The lowest BCUT2D eigenvalue weighted by Gasteiger charge is -2.22. The summed E-state index contributed by atoms with van der Waals surface area (Å²) in [7, 11) is 0. The first-order valence-electron chi connectivity index (χ1n) is 9.38. The number of aromatic amines is 1. The molecule has 0 bridgehead atoms. The summed E-state index contributed by atoms with van der Waals surface area (Å²) in [4.78, 5) is 24.0. The number of hydrogen-bond donors (Lipinski definition) is 3. The molecule has 0 aliphatic heterocycles. The van der Waals surface area contributed by atoms with Crippen LogP contribution in [0, 0.1) is 6.92 Å². The fourth-order valence-electron chi connectivity index (χ4n) is 3.23. The lowest BCUT2D eigenvalue weighted by molar-refractivity contribution is -0.117. The first-order valence-corrected chi connectivity index (χ1v) is 9.38. The van der Waals surface area contributed by atoms with Crippen LogP contribution in [0.15, 0.2) is 12.3 Å². The third-order valence-corrected chi connectivity index (χ3v) is 4.40. The van der Waals surface area contributed by atoms with E-state index in [0.29, 0.717) is 5.82 Å². The molecule has 1 saturated carbocycles. The molecule has 2 atom stereocenters. The van der Waals surface area contributed by atoms with Crippen LogP contribution in [0.25, 0.3) is 0 Å². The van der Waals surface area contributed by atoms with Gasteiger partial charge in [0.1, 0.15) is 12.6 Å².